The molecule has 1 amide bonds. The van der Waals surface area contributed by atoms with Gasteiger partial charge in [0.15, 0.2) is 0 Å². The summed E-state index contributed by atoms with van der Waals surface area (Å²) in [5.41, 5.74) is 1.62. The number of piperidine rings is 1. The zero-order valence-corrected chi connectivity index (χ0v) is 15.0. The molecule has 0 aromatic carbocycles. The van der Waals surface area contributed by atoms with Crippen LogP contribution >= 0.6 is 15.9 Å². The van der Waals surface area contributed by atoms with Gasteiger partial charge in [0.2, 0.25) is 11.6 Å². The molecule has 0 aliphatic carbocycles. The summed E-state index contributed by atoms with van der Waals surface area (Å²) in [6.45, 7) is 4.83. The second-order valence-electron chi connectivity index (χ2n) is 7.48. The van der Waals surface area contributed by atoms with Crippen molar-refractivity contribution in [3.63, 3.8) is 0 Å². The first-order chi connectivity index (χ1) is 10.8. The van der Waals surface area contributed by atoms with Gasteiger partial charge >= 0.3 is 4.74 Å². The second kappa shape index (κ2) is 4.84. The molecule has 0 bridgehead atoms. The number of nitrogens with two attached hydrogens (primary N) is 1. The molecule has 0 spiro atoms. The van der Waals surface area contributed by atoms with Crippen molar-refractivity contribution >= 4 is 32.8 Å². The molecular weight excluding hydrogens is 358 g/mol. The van der Waals surface area contributed by atoms with Crippen LogP contribution in [0.15, 0.2) is 33.8 Å². The Hall–Kier alpha value is -1.31. The van der Waals surface area contributed by atoms with E-state index in [1.165, 1.54) is 0 Å². The van der Waals surface area contributed by atoms with E-state index in [1.807, 2.05) is 6.20 Å². The van der Waals surface area contributed by atoms with E-state index < -0.39 is 0 Å². The minimum Gasteiger partial charge on any atom is -0.339 e. The third-order valence-electron chi connectivity index (χ3n) is 5.44. The van der Waals surface area contributed by atoms with E-state index in [9.17, 15) is 4.79 Å². The van der Waals surface area contributed by atoms with Crippen LogP contribution in [-0.4, -0.2) is 38.9 Å². The van der Waals surface area contributed by atoms with E-state index in [2.05, 4.69) is 44.7 Å². The first kappa shape index (κ1) is 15.2. The van der Waals surface area contributed by atoms with Crippen molar-refractivity contribution < 1.29 is 9.39 Å². The average molecular weight is 379 g/mol. The standard InChI is InChI=1S/C16H21BrN5O/c1-16(2)7-11-4-3-10(9-21(11)14(16)23)13-12-8-19-5-6-22(12,18)15(17)20-13/h5-6,8,10-11H,3-4,7,9,18H2,1-2H3/q+1/t10-,11+,22?/m0/s1. The molecule has 6 nitrogen and oxygen atoms in total. The Bertz CT molecular complexity index is 707. The summed E-state index contributed by atoms with van der Waals surface area (Å²) < 4.78 is 0.707. The Kier molecular flexibility index (Phi) is 3.21. The highest BCUT2D eigenvalue weighted by Crippen LogP contribution is 2.44. The second-order valence-corrected chi connectivity index (χ2v) is 8.19. The summed E-state index contributed by atoms with van der Waals surface area (Å²) in [6.07, 6.45) is 8.30. The molecule has 0 radical (unpaired) electrons. The minimum atomic E-state index is -0.236. The van der Waals surface area contributed by atoms with Gasteiger partial charge < -0.3 is 4.90 Å². The van der Waals surface area contributed by atoms with E-state index in [4.69, 9.17) is 5.84 Å². The van der Waals surface area contributed by atoms with Crippen LogP contribution in [0, 0.1) is 11.3 Å². The Balaban J connectivity index is 1.66. The number of nitrogens with zero attached hydrogens (tertiary/aromatic N) is 4. The summed E-state index contributed by atoms with van der Waals surface area (Å²) in [6, 6.07) is 0.380. The van der Waals surface area contributed by atoms with Crippen LogP contribution in [0.3, 0.4) is 0 Å². The van der Waals surface area contributed by atoms with Gasteiger partial charge in [-0.15, -0.1) is 4.59 Å². The molecule has 23 heavy (non-hydrogen) atoms. The maximum absolute atomic E-state index is 12.6. The molecule has 2 N–H and O–H groups in total. The van der Waals surface area contributed by atoms with Crippen molar-refractivity contribution in [1.29, 1.82) is 0 Å². The lowest BCUT2D eigenvalue weighted by atomic mass is 9.86. The van der Waals surface area contributed by atoms with Crippen molar-refractivity contribution in [3.8, 4) is 0 Å². The number of amides is 1. The number of carbonyl (C=O) groups is 1. The van der Waals surface area contributed by atoms with Crippen molar-refractivity contribution in [3.05, 3.63) is 23.8 Å². The number of fused-ring (bicyclic) bond motifs is 2. The van der Waals surface area contributed by atoms with Crippen molar-refractivity contribution in [1.82, 2.24) is 4.90 Å². The van der Waals surface area contributed by atoms with Gasteiger partial charge in [-0.05, 0) is 19.3 Å². The molecule has 122 valence electrons. The van der Waals surface area contributed by atoms with Crippen LogP contribution in [0.1, 0.15) is 33.1 Å². The summed E-state index contributed by atoms with van der Waals surface area (Å²) >= 11 is 3.49. The minimum absolute atomic E-state index is 0.0399. The number of halogens is 1. The third kappa shape index (κ3) is 2.10. The molecule has 0 aromatic heterocycles. The lowest BCUT2D eigenvalue weighted by Crippen LogP contribution is -2.50. The summed E-state index contributed by atoms with van der Waals surface area (Å²) in [5, 5.41) is 0. The molecule has 7 heteroatoms. The Labute approximate surface area is 144 Å². The summed E-state index contributed by atoms with van der Waals surface area (Å²) in [7, 11) is 0. The summed E-state index contributed by atoms with van der Waals surface area (Å²) in [5.74, 6) is 6.91. The van der Waals surface area contributed by atoms with E-state index in [1.54, 1.807) is 12.4 Å². The number of hydrogen-bond acceptors (Lipinski definition) is 4. The molecule has 4 aliphatic heterocycles. The van der Waals surface area contributed by atoms with Gasteiger partial charge in [-0.25, -0.2) is 0 Å². The Morgan fingerprint density at radius 1 is 1.43 bits per heavy atom. The topological polar surface area (TPSA) is 71.0 Å². The number of hydrogen-bond donors (Lipinski definition) is 1. The van der Waals surface area contributed by atoms with Gasteiger partial charge in [0.05, 0.1) is 12.4 Å². The van der Waals surface area contributed by atoms with Crippen LogP contribution in [0.25, 0.3) is 0 Å². The Morgan fingerprint density at radius 2 is 2.22 bits per heavy atom. The number of rotatable bonds is 1. The van der Waals surface area contributed by atoms with Gasteiger partial charge in [0.25, 0.3) is 0 Å². The molecule has 2 saturated heterocycles. The molecule has 0 aromatic rings. The fourth-order valence-corrected chi connectivity index (χ4v) is 4.67. The number of amidine groups is 1. The average Bonchev–Trinajstić information content (AvgIpc) is 2.91. The van der Waals surface area contributed by atoms with Crippen LogP contribution in [0.5, 0.6) is 0 Å². The van der Waals surface area contributed by atoms with Crippen molar-refractivity contribution in [2.45, 2.75) is 39.2 Å². The number of quaternary nitrogens is 1. The molecule has 2 fully saturated rings. The fourth-order valence-electron chi connectivity index (χ4n) is 4.17. The van der Waals surface area contributed by atoms with Gasteiger partial charge in [-0.2, -0.15) is 10.8 Å². The quantitative estimate of drug-likeness (QED) is 0.431. The van der Waals surface area contributed by atoms with Crippen LogP contribution in [0.4, 0.5) is 0 Å². The largest absolute Gasteiger partial charge is 0.339 e. The van der Waals surface area contributed by atoms with Gasteiger partial charge in [0.1, 0.15) is 11.9 Å². The first-order valence-corrected chi connectivity index (χ1v) is 8.81. The van der Waals surface area contributed by atoms with Gasteiger partial charge in [-0.3, -0.25) is 9.79 Å². The SMILES string of the molecule is CC1(C)C[C@H]2CC[C@H](C3=C4C=NC=C[N+]4(N)C(Br)=N3)CN2C1=O. The highest BCUT2D eigenvalue weighted by Gasteiger charge is 2.50. The Morgan fingerprint density at radius 3 is 3.00 bits per heavy atom. The zero-order valence-electron chi connectivity index (χ0n) is 13.4. The molecule has 4 aliphatic rings. The van der Waals surface area contributed by atoms with E-state index >= 15 is 0 Å². The van der Waals surface area contributed by atoms with E-state index in [-0.39, 0.29) is 21.8 Å². The smallest absolute Gasteiger partial charge is 0.301 e. The maximum atomic E-state index is 12.6. The van der Waals surface area contributed by atoms with Crippen molar-refractivity contribution in [2.24, 2.45) is 27.2 Å². The fraction of sp³-hybridized carbons (Fsp3) is 0.562. The first-order valence-electron chi connectivity index (χ1n) is 8.02. The number of allylic oxidation sites excluding steroid dienone is 1. The van der Waals surface area contributed by atoms with E-state index in [0.29, 0.717) is 10.8 Å². The predicted molar refractivity (Wildman–Crippen MR) is 92.1 cm³/mol. The highest BCUT2D eigenvalue weighted by atomic mass is 79.9. The van der Waals surface area contributed by atoms with Crippen LogP contribution in [0.2, 0.25) is 0 Å². The lowest BCUT2D eigenvalue weighted by Gasteiger charge is -2.35. The molecular formula is C16H21BrN5O+. The highest BCUT2D eigenvalue weighted by molar-refractivity contribution is 9.18. The summed E-state index contributed by atoms with van der Waals surface area (Å²) in [4.78, 5) is 23.6. The lowest BCUT2D eigenvalue weighted by molar-refractivity contribution is -0.746. The number of aliphatic imine (C=N–C) groups is 2. The zero-order chi connectivity index (χ0) is 16.4. The van der Waals surface area contributed by atoms with E-state index in [0.717, 1.165) is 37.2 Å². The maximum Gasteiger partial charge on any atom is 0.301 e. The van der Waals surface area contributed by atoms with Crippen molar-refractivity contribution in [2.75, 3.05) is 6.54 Å². The molecule has 3 atom stereocenters. The predicted octanol–water partition coefficient (Wildman–Crippen LogP) is 2.25. The number of carbonyl (C=O) groups excluding carboxylic acids is 1. The molecule has 1 unspecified atom stereocenters. The molecule has 0 saturated carbocycles. The van der Waals surface area contributed by atoms with Crippen LogP contribution < -0.4 is 5.84 Å². The monoisotopic (exact) mass is 378 g/mol. The van der Waals surface area contributed by atoms with Gasteiger partial charge in [0, 0.05) is 39.8 Å². The molecule has 4 rings (SSSR count). The van der Waals surface area contributed by atoms with Gasteiger partial charge in [-0.1, -0.05) is 13.8 Å². The molecule has 4 heterocycles. The van der Waals surface area contributed by atoms with Crippen LogP contribution in [-0.2, 0) is 4.79 Å². The third-order valence-corrected chi connectivity index (χ3v) is 6.21. The normalized spacial score (nSPS) is 38.0.